The van der Waals surface area contributed by atoms with Crippen LogP contribution >= 0.6 is 0 Å². The summed E-state index contributed by atoms with van der Waals surface area (Å²) in [5.74, 6) is -0.150. The van der Waals surface area contributed by atoms with Gasteiger partial charge in [0, 0.05) is 38.9 Å². The summed E-state index contributed by atoms with van der Waals surface area (Å²) in [4.78, 5) is 16.8. The molecule has 0 spiro atoms. The number of amides is 1. The lowest BCUT2D eigenvalue weighted by molar-refractivity contribution is 0.0787. The van der Waals surface area contributed by atoms with E-state index in [9.17, 15) is 13.2 Å². The van der Waals surface area contributed by atoms with E-state index in [0.717, 1.165) is 25.9 Å². The molecule has 1 aliphatic rings. The molecule has 0 radical (unpaired) electrons. The first kappa shape index (κ1) is 16.0. The van der Waals surface area contributed by atoms with E-state index < -0.39 is 10.0 Å². The van der Waals surface area contributed by atoms with E-state index in [1.54, 1.807) is 11.8 Å². The van der Waals surface area contributed by atoms with Crippen LogP contribution in [-0.4, -0.2) is 61.2 Å². The van der Waals surface area contributed by atoms with Crippen LogP contribution in [0.4, 0.5) is 0 Å². The highest BCUT2D eigenvalue weighted by Crippen LogP contribution is 2.19. The summed E-state index contributed by atoms with van der Waals surface area (Å²) in [6.45, 7) is 3.42. The number of likely N-dealkylation sites (tertiary alicyclic amines) is 1. The number of carbonyl (C=O) groups is 1. The van der Waals surface area contributed by atoms with E-state index in [4.69, 9.17) is 5.73 Å². The lowest BCUT2D eigenvalue weighted by Gasteiger charge is -2.22. The summed E-state index contributed by atoms with van der Waals surface area (Å²) in [7, 11) is -2.15. The number of likely N-dealkylation sites (N-methyl/N-ethyl adjacent to an activating group) is 1. The first-order valence-corrected chi connectivity index (χ1v) is 8.47. The molecule has 3 N–H and O–H groups in total. The molecule has 7 nitrogen and oxygen atoms in total. The van der Waals surface area contributed by atoms with Crippen molar-refractivity contribution in [3.63, 3.8) is 0 Å². The van der Waals surface area contributed by atoms with Gasteiger partial charge >= 0.3 is 0 Å². The van der Waals surface area contributed by atoms with Gasteiger partial charge in [0.05, 0.1) is 0 Å². The van der Waals surface area contributed by atoms with Crippen LogP contribution in [0.5, 0.6) is 0 Å². The Labute approximate surface area is 125 Å². The molecule has 1 unspecified atom stereocenters. The first-order chi connectivity index (χ1) is 9.87. The van der Waals surface area contributed by atoms with Crippen molar-refractivity contribution in [1.82, 2.24) is 14.2 Å². The Balaban J connectivity index is 2.21. The Kier molecular flexibility index (Phi) is 4.70. The molecule has 1 atom stereocenters. The molecule has 0 aliphatic carbocycles. The molecule has 21 heavy (non-hydrogen) atoms. The first-order valence-electron chi connectivity index (χ1n) is 7.03. The molecule has 0 saturated carbocycles. The Morgan fingerprint density at radius 2 is 2.10 bits per heavy atom. The van der Waals surface area contributed by atoms with Crippen LogP contribution in [0.25, 0.3) is 0 Å². The molecule has 1 saturated heterocycles. The zero-order chi connectivity index (χ0) is 15.6. The van der Waals surface area contributed by atoms with E-state index in [-0.39, 0.29) is 23.4 Å². The van der Waals surface area contributed by atoms with Crippen molar-refractivity contribution in [3.8, 4) is 0 Å². The van der Waals surface area contributed by atoms with Crippen LogP contribution in [0, 0.1) is 0 Å². The van der Waals surface area contributed by atoms with Gasteiger partial charge in [0.1, 0.15) is 10.6 Å². The van der Waals surface area contributed by atoms with E-state index in [0.29, 0.717) is 5.69 Å². The number of hydrogen-bond donors (Lipinski definition) is 2. The summed E-state index contributed by atoms with van der Waals surface area (Å²) in [5, 5.41) is 0. The number of nitrogens with one attached hydrogen (secondary N) is 1. The third-order valence-electron chi connectivity index (χ3n) is 3.92. The monoisotopic (exact) mass is 314 g/mol. The van der Waals surface area contributed by atoms with Crippen molar-refractivity contribution in [1.29, 1.82) is 0 Å². The standard InChI is InChI=1S/C13H22N4O3S/c1-10(8-14)16(2)21(19,20)11-7-12(15-9-11)13(18)17-5-3-4-6-17/h7,9-10,15H,3-6,8,14H2,1-2H3. The van der Waals surface area contributed by atoms with Crippen LogP contribution in [0.3, 0.4) is 0 Å². The third kappa shape index (κ3) is 3.12. The Morgan fingerprint density at radius 3 is 2.67 bits per heavy atom. The van der Waals surface area contributed by atoms with Crippen LogP contribution in [0.15, 0.2) is 17.2 Å². The molecule has 1 aromatic heterocycles. The summed E-state index contributed by atoms with van der Waals surface area (Å²) in [6, 6.07) is 1.10. The minimum Gasteiger partial charge on any atom is -0.356 e. The minimum absolute atomic E-state index is 0.0906. The lowest BCUT2D eigenvalue weighted by Crippen LogP contribution is -2.39. The van der Waals surface area contributed by atoms with Crippen LogP contribution in [-0.2, 0) is 10.0 Å². The van der Waals surface area contributed by atoms with Gasteiger partial charge in [-0.2, -0.15) is 4.31 Å². The largest absolute Gasteiger partial charge is 0.356 e. The van der Waals surface area contributed by atoms with Gasteiger partial charge in [-0.05, 0) is 25.8 Å². The van der Waals surface area contributed by atoms with E-state index in [2.05, 4.69) is 4.98 Å². The highest BCUT2D eigenvalue weighted by Gasteiger charge is 2.28. The third-order valence-corrected chi connectivity index (χ3v) is 5.87. The molecular formula is C13H22N4O3S. The predicted molar refractivity (Wildman–Crippen MR) is 79.4 cm³/mol. The van der Waals surface area contributed by atoms with Crippen molar-refractivity contribution >= 4 is 15.9 Å². The molecule has 0 bridgehead atoms. The van der Waals surface area contributed by atoms with Gasteiger partial charge in [0.2, 0.25) is 10.0 Å². The second kappa shape index (κ2) is 6.17. The number of aromatic amines is 1. The minimum atomic E-state index is -3.64. The molecule has 2 heterocycles. The van der Waals surface area contributed by atoms with Gasteiger partial charge in [0.25, 0.3) is 5.91 Å². The van der Waals surface area contributed by atoms with Crippen molar-refractivity contribution in [3.05, 3.63) is 18.0 Å². The number of nitrogens with two attached hydrogens (primary N) is 1. The quantitative estimate of drug-likeness (QED) is 0.812. The maximum absolute atomic E-state index is 12.4. The molecule has 1 fully saturated rings. The second-order valence-electron chi connectivity index (χ2n) is 5.35. The fraction of sp³-hybridized carbons (Fsp3) is 0.615. The zero-order valence-electron chi connectivity index (χ0n) is 12.4. The molecule has 2 rings (SSSR count). The van der Waals surface area contributed by atoms with Crippen LogP contribution in [0.2, 0.25) is 0 Å². The van der Waals surface area contributed by atoms with Gasteiger partial charge in [-0.3, -0.25) is 4.79 Å². The van der Waals surface area contributed by atoms with Gasteiger partial charge in [-0.1, -0.05) is 0 Å². The Morgan fingerprint density at radius 1 is 1.48 bits per heavy atom. The van der Waals surface area contributed by atoms with E-state index in [1.807, 2.05) is 0 Å². The lowest BCUT2D eigenvalue weighted by atomic mass is 10.4. The number of aromatic nitrogens is 1. The fourth-order valence-corrected chi connectivity index (χ4v) is 3.66. The van der Waals surface area contributed by atoms with Gasteiger partial charge in [0.15, 0.2) is 0 Å². The van der Waals surface area contributed by atoms with Gasteiger partial charge < -0.3 is 15.6 Å². The normalized spacial score (nSPS) is 17.4. The van der Waals surface area contributed by atoms with E-state index >= 15 is 0 Å². The Hall–Kier alpha value is -1.38. The molecular weight excluding hydrogens is 292 g/mol. The predicted octanol–water partition coefficient (Wildman–Crippen LogP) is 0.218. The number of H-pyrrole nitrogens is 1. The van der Waals surface area contributed by atoms with Crippen molar-refractivity contribution < 1.29 is 13.2 Å². The van der Waals surface area contributed by atoms with Crippen molar-refractivity contribution in [2.75, 3.05) is 26.7 Å². The maximum Gasteiger partial charge on any atom is 0.270 e. The molecule has 118 valence electrons. The molecule has 1 aliphatic heterocycles. The second-order valence-corrected chi connectivity index (χ2v) is 7.35. The number of carbonyl (C=O) groups excluding carboxylic acids is 1. The smallest absolute Gasteiger partial charge is 0.270 e. The van der Waals surface area contributed by atoms with Gasteiger partial charge in [-0.25, -0.2) is 8.42 Å². The fourth-order valence-electron chi connectivity index (χ4n) is 2.29. The van der Waals surface area contributed by atoms with Crippen LogP contribution < -0.4 is 5.73 Å². The molecule has 1 aromatic rings. The van der Waals surface area contributed by atoms with Crippen molar-refractivity contribution in [2.24, 2.45) is 5.73 Å². The highest BCUT2D eigenvalue weighted by molar-refractivity contribution is 7.89. The number of sulfonamides is 1. The van der Waals surface area contributed by atoms with Crippen LogP contribution in [0.1, 0.15) is 30.3 Å². The molecule has 8 heteroatoms. The zero-order valence-corrected chi connectivity index (χ0v) is 13.2. The topological polar surface area (TPSA) is 99.5 Å². The average Bonchev–Trinajstić information content (AvgIpc) is 3.15. The number of rotatable bonds is 5. The Bertz CT molecular complexity index is 605. The summed E-state index contributed by atoms with van der Waals surface area (Å²) >= 11 is 0. The average molecular weight is 314 g/mol. The number of nitrogens with zero attached hydrogens (tertiary/aromatic N) is 2. The molecule has 0 aromatic carbocycles. The number of hydrogen-bond acceptors (Lipinski definition) is 4. The molecule has 1 amide bonds. The SMILES string of the molecule is CC(CN)N(C)S(=O)(=O)c1c[nH]c(C(=O)N2CCCC2)c1. The summed E-state index contributed by atoms with van der Waals surface area (Å²) in [6.07, 6.45) is 3.35. The maximum atomic E-state index is 12.4. The van der Waals surface area contributed by atoms with E-state index in [1.165, 1.54) is 23.6 Å². The highest BCUT2D eigenvalue weighted by atomic mass is 32.2. The van der Waals surface area contributed by atoms with Gasteiger partial charge in [-0.15, -0.1) is 0 Å². The summed E-state index contributed by atoms with van der Waals surface area (Å²) < 4.78 is 26.1. The van der Waals surface area contributed by atoms with Crippen molar-refractivity contribution in [2.45, 2.75) is 30.7 Å². The summed E-state index contributed by atoms with van der Waals surface area (Å²) in [5.41, 5.74) is 5.82.